The molecule has 0 saturated carbocycles. The molecule has 2 rings (SSSR count). The van der Waals surface area contributed by atoms with Gasteiger partial charge < -0.3 is 9.47 Å². The number of ether oxygens (including phenoxy) is 2. The number of esters is 1. The molecule has 1 saturated heterocycles. The summed E-state index contributed by atoms with van der Waals surface area (Å²) in [5, 5.41) is 0. The summed E-state index contributed by atoms with van der Waals surface area (Å²) in [7, 11) is 0. The van der Waals surface area contributed by atoms with Gasteiger partial charge in [0, 0.05) is 0 Å². The summed E-state index contributed by atoms with van der Waals surface area (Å²) in [5.74, 6) is -0.284. The van der Waals surface area contributed by atoms with E-state index in [0.29, 0.717) is 12.2 Å². The van der Waals surface area contributed by atoms with Crippen molar-refractivity contribution in [2.75, 3.05) is 6.61 Å². The van der Waals surface area contributed by atoms with Crippen LogP contribution >= 0.6 is 0 Å². The summed E-state index contributed by atoms with van der Waals surface area (Å²) in [5.41, 5.74) is 1.77. The molecule has 3 nitrogen and oxygen atoms in total. The van der Waals surface area contributed by atoms with Crippen LogP contribution in [0.3, 0.4) is 0 Å². The minimum Gasteiger partial charge on any atom is -0.459 e. The standard InChI is InChI=1S/C17H22O3/c1-13(2)8-7-11-17(3)15(20-17)12-19-16(18)14-9-5-4-6-10-14/h4-6,8-10,15H,7,11-12H2,1-3H3/t15-,17-/m0/s1. The van der Waals surface area contributed by atoms with Crippen molar-refractivity contribution in [1.82, 2.24) is 0 Å². The number of hydrogen-bond donors (Lipinski definition) is 0. The Bertz CT molecular complexity index is 488. The van der Waals surface area contributed by atoms with Gasteiger partial charge in [-0.05, 0) is 45.7 Å². The van der Waals surface area contributed by atoms with E-state index in [2.05, 4.69) is 26.8 Å². The van der Waals surface area contributed by atoms with Crippen molar-refractivity contribution in [2.24, 2.45) is 0 Å². The van der Waals surface area contributed by atoms with Crippen LogP contribution in [-0.2, 0) is 9.47 Å². The van der Waals surface area contributed by atoms with Gasteiger partial charge in [0.2, 0.25) is 0 Å². The Morgan fingerprint density at radius 2 is 2.05 bits per heavy atom. The van der Waals surface area contributed by atoms with Gasteiger partial charge in [-0.1, -0.05) is 29.8 Å². The van der Waals surface area contributed by atoms with Crippen LogP contribution in [-0.4, -0.2) is 24.3 Å². The molecule has 0 aromatic heterocycles. The third kappa shape index (κ3) is 3.94. The zero-order valence-electron chi connectivity index (χ0n) is 12.4. The van der Waals surface area contributed by atoms with Gasteiger partial charge in [0.1, 0.15) is 12.7 Å². The molecule has 1 aliphatic rings. The zero-order valence-corrected chi connectivity index (χ0v) is 12.4. The molecule has 0 unspecified atom stereocenters. The molecular weight excluding hydrogens is 252 g/mol. The summed E-state index contributed by atoms with van der Waals surface area (Å²) in [6.07, 6.45) is 4.20. The van der Waals surface area contributed by atoms with Crippen LogP contribution in [0.1, 0.15) is 44.0 Å². The molecule has 3 heteroatoms. The van der Waals surface area contributed by atoms with Crippen LogP contribution in [0.5, 0.6) is 0 Å². The molecule has 108 valence electrons. The smallest absolute Gasteiger partial charge is 0.338 e. The maximum atomic E-state index is 11.8. The van der Waals surface area contributed by atoms with Crippen molar-refractivity contribution in [2.45, 2.75) is 45.3 Å². The van der Waals surface area contributed by atoms with E-state index < -0.39 is 0 Å². The average Bonchev–Trinajstić information content (AvgIpc) is 3.07. The van der Waals surface area contributed by atoms with Crippen molar-refractivity contribution < 1.29 is 14.3 Å². The number of epoxide rings is 1. The molecule has 0 N–H and O–H groups in total. The van der Waals surface area contributed by atoms with E-state index in [-0.39, 0.29) is 17.7 Å². The van der Waals surface area contributed by atoms with Crippen molar-refractivity contribution in [3.63, 3.8) is 0 Å². The maximum Gasteiger partial charge on any atom is 0.338 e. The van der Waals surface area contributed by atoms with Crippen LogP contribution in [0.2, 0.25) is 0 Å². The van der Waals surface area contributed by atoms with Gasteiger partial charge in [-0.2, -0.15) is 0 Å². The number of benzene rings is 1. The maximum absolute atomic E-state index is 11.8. The highest BCUT2D eigenvalue weighted by Gasteiger charge is 2.52. The lowest BCUT2D eigenvalue weighted by Gasteiger charge is -2.06. The first-order valence-corrected chi connectivity index (χ1v) is 7.04. The van der Waals surface area contributed by atoms with Crippen molar-refractivity contribution in [3.05, 3.63) is 47.5 Å². The molecule has 0 amide bonds. The predicted octanol–water partition coefficient (Wildman–Crippen LogP) is 3.75. The molecule has 20 heavy (non-hydrogen) atoms. The van der Waals surface area contributed by atoms with Crippen LogP contribution in [0.4, 0.5) is 0 Å². The summed E-state index contributed by atoms with van der Waals surface area (Å²) in [6, 6.07) is 9.04. The topological polar surface area (TPSA) is 38.8 Å². The Labute approximate surface area is 120 Å². The first-order chi connectivity index (χ1) is 9.51. The van der Waals surface area contributed by atoms with Crippen LogP contribution in [0.25, 0.3) is 0 Å². The number of allylic oxidation sites excluding steroid dienone is 2. The van der Waals surface area contributed by atoms with E-state index in [1.165, 1.54) is 5.57 Å². The fourth-order valence-electron chi connectivity index (χ4n) is 2.18. The average molecular weight is 274 g/mol. The van der Waals surface area contributed by atoms with Gasteiger partial charge >= 0.3 is 5.97 Å². The van der Waals surface area contributed by atoms with E-state index in [1.807, 2.05) is 18.2 Å². The van der Waals surface area contributed by atoms with E-state index in [4.69, 9.17) is 9.47 Å². The number of hydrogen-bond acceptors (Lipinski definition) is 3. The Kier molecular flexibility index (Phi) is 4.61. The van der Waals surface area contributed by atoms with Crippen LogP contribution < -0.4 is 0 Å². The molecule has 1 aliphatic heterocycles. The lowest BCUT2D eigenvalue weighted by Crippen LogP contribution is -2.17. The summed E-state index contributed by atoms with van der Waals surface area (Å²) in [6.45, 7) is 6.59. The number of carbonyl (C=O) groups is 1. The van der Waals surface area contributed by atoms with Crippen LogP contribution in [0.15, 0.2) is 42.0 Å². The molecular formula is C17H22O3. The van der Waals surface area contributed by atoms with E-state index in [0.717, 1.165) is 12.8 Å². The van der Waals surface area contributed by atoms with Crippen molar-refractivity contribution in [3.8, 4) is 0 Å². The third-order valence-electron chi connectivity index (χ3n) is 3.60. The first kappa shape index (κ1) is 14.8. The monoisotopic (exact) mass is 274 g/mol. The second-order valence-corrected chi connectivity index (χ2v) is 5.70. The Morgan fingerprint density at radius 3 is 2.70 bits per heavy atom. The minimum absolute atomic E-state index is 0.0284. The lowest BCUT2D eigenvalue weighted by molar-refractivity contribution is 0.0476. The zero-order chi connectivity index (χ0) is 14.6. The Hall–Kier alpha value is -1.61. The molecule has 0 bridgehead atoms. The highest BCUT2D eigenvalue weighted by Crippen LogP contribution is 2.40. The number of carbonyl (C=O) groups excluding carboxylic acids is 1. The molecule has 0 spiro atoms. The van der Waals surface area contributed by atoms with Crippen molar-refractivity contribution >= 4 is 5.97 Å². The first-order valence-electron chi connectivity index (χ1n) is 7.04. The van der Waals surface area contributed by atoms with Crippen molar-refractivity contribution in [1.29, 1.82) is 0 Å². The fourth-order valence-corrected chi connectivity index (χ4v) is 2.18. The molecule has 0 aliphatic carbocycles. The van der Waals surface area contributed by atoms with Gasteiger partial charge in [-0.15, -0.1) is 0 Å². The second-order valence-electron chi connectivity index (χ2n) is 5.70. The van der Waals surface area contributed by atoms with E-state index >= 15 is 0 Å². The SMILES string of the molecule is CC(C)=CCC[C@]1(C)O[C@H]1COC(=O)c1ccccc1. The predicted molar refractivity (Wildman–Crippen MR) is 78.7 cm³/mol. The molecule has 1 aromatic rings. The summed E-state index contributed by atoms with van der Waals surface area (Å²) < 4.78 is 11.0. The van der Waals surface area contributed by atoms with Crippen LogP contribution in [0, 0.1) is 0 Å². The minimum atomic E-state index is -0.284. The quantitative estimate of drug-likeness (QED) is 0.450. The van der Waals surface area contributed by atoms with E-state index in [1.54, 1.807) is 12.1 Å². The highest BCUT2D eigenvalue weighted by atomic mass is 16.6. The normalized spacial score (nSPS) is 24.1. The lowest BCUT2D eigenvalue weighted by atomic mass is 10.0. The number of rotatable bonds is 6. The molecule has 1 heterocycles. The largest absolute Gasteiger partial charge is 0.459 e. The molecule has 0 radical (unpaired) electrons. The highest BCUT2D eigenvalue weighted by molar-refractivity contribution is 5.89. The fraction of sp³-hybridized carbons (Fsp3) is 0.471. The third-order valence-corrected chi connectivity index (χ3v) is 3.60. The van der Waals surface area contributed by atoms with Gasteiger partial charge in [0.25, 0.3) is 0 Å². The van der Waals surface area contributed by atoms with Gasteiger partial charge in [-0.3, -0.25) is 0 Å². The molecule has 1 fully saturated rings. The van der Waals surface area contributed by atoms with E-state index in [9.17, 15) is 4.79 Å². The summed E-state index contributed by atoms with van der Waals surface area (Å²) >= 11 is 0. The summed E-state index contributed by atoms with van der Waals surface area (Å²) in [4.78, 5) is 11.8. The molecule has 2 atom stereocenters. The van der Waals surface area contributed by atoms with Gasteiger partial charge in [0.15, 0.2) is 0 Å². The van der Waals surface area contributed by atoms with Gasteiger partial charge in [0.05, 0.1) is 11.2 Å². The Balaban J connectivity index is 1.74. The second kappa shape index (κ2) is 6.23. The Morgan fingerprint density at radius 1 is 1.35 bits per heavy atom. The van der Waals surface area contributed by atoms with Gasteiger partial charge in [-0.25, -0.2) is 4.79 Å². The molecule has 1 aromatic carbocycles.